The average molecular weight is 276 g/mol. The Morgan fingerprint density at radius 3 is 2.76 bits per heavy atom. The average Bonchev–Trinajstić information content (AvgIpc) is 3.11. The van der Waals surface area contributed by atoms with Gasteiger partial charge < -0.3 is 10.1 Å². The zero-order valence-corrected chi connectivity index (χ0v) is 12.3. The fourth-order valence-electron chi connectivity index (χ4n) is 2.98. The van der Waals surface area contributed by atoms with Gasteiger partial charge in [0.05, 0.1) is 6.61 Å². The minimum absolute atomic E-state index is 0.287. The summed E-state index contributed by atoms with van der Waals surface area (Å²) in [6.45, 7) is 5.08. The van der Waals surface area contributed by atoms with Gasteiger partial charge in [-0.05, 0) is 38.6 Å². The van der Waals surface area contributed by atoms with E-state index in [4.69, 9.17) is 10.1 Å². The fraction of sp³-hybridized carbons (Fsp3) is 0.263. The first-order valence-corrected chi connectivity index (χ1v) is 7.51. The molecular weight excluding hydrogens is 258 g/mol. The van der Waals surface area contributed by atoms with Crippen molar-refractivity contribution in [2.45, 2.75) is 19.9 Å². The summed E-state index contributed by atoms with van der Waals surface area (Å²) in [7, 11) is 0. The third-order valence-electron chi connectivity index (χ3n) is 4.30. The van der Waals surface area contributed by atoms with Gasteiger partial charge in [-0.1, -0.05) is 62.2 Å². The van der Waals surface area contributed by atoms with E-state index in [0.29, 0.717) is 12.5 Å². The highest BCUT2D eigenvalue weighted by Gasteiger charge is 2.12. The van der Waals surface area contributed by atoms with Crippen LogP contribution in [-0.4, -0.2) is 12.6 Å². The van der Waals surface area contributed by atoms with Gasteiger partial charge in [0.25, 0.3) is 0 Å². The zero-order valence-electron chi connectivity index (χ0n) is 12.3. The predicted octanol–water partition coefficient (Wildman–Crippen LogP) is 2.61. The molecule has 1 unspecified atom stereocenters. The lowest BCUT2D eigenvalue weighted by molar-refractivity contribution is 0.284. The number of benzene rings is 2. The van der Waals surface area contributed by atoms with Gasteiger partial charge in [0.2, 0.25) is 0 Å². The summed E-state index contributed by atoms with van der Waals surface area (Å²) in [6, 6.07) is 15.3. The largest absolute Gasteiger partial charge is 0.648 e. The molecule has 1 aliphatic heterocycles. The molecule has 1 saturated heterocycles. The van der Waals surface area contributed by atoms with Crippen LogP contribution in [0.5, 0.6) is 0 Å². The second-order valence-electron chi connectivity index (χ2n) is 6.09. The Balaban J connectivity index is 1.86. The number of rotatable bonds is 1. The highest BCUT2D eigenvalue weighted by molar-refractivity contribution is 5.59. The van der Waals surface area contributed by atoms with Crippen LogP contribution in [0.15, 0.2) is 42.5 Å². The Morgan fingerprint density at radius 2 is 1.95 bits per heavy atom. The molecule has 0 N–H and O–H groups in total. The monoisotopic (exact) mass is 276 g/mol. The van der Waals surface area contributed by atoms with Gasteiger partial charge in [-0.25, -0.2) is 0 Å². The molecule has 106 valence electrons. The lowest BCUT2D eigenvalue weighted by Gasteiger charge is -2.24. The summed E-state index contributed by atoms with van der Waals surface area (Å²) in [6.07, 6.45) is 2.24. The van der Waals surface area contributed by atoms with Crippen molar-refractivity contribution >= 4 is 12.0 Å². The first kappa shape index (κ1) is 12.5. The van der Waals surface area contributed by atoms with E-state index < -0.39 is 0 Å². The van der Waals surface area contributed by atoms with Crippen molar-refractivity contribution in [3.63, 3.8) is 0 Å². The van der Waals surface area contributed by atoms with Crippen LogP contribution in [0.1, 0.15) is 19.4 Å². The van der Waals surface area contributed by atoms with Crippen LogP contribution < -0.4 is 10.4 Å². The third-order valence-corrected chi connectivity index (χ3v) is 4.30. The lowest BCUT2D eigenvalue weighted by Crippen LogP contribution is -2.13. The van der Waals surface area contributed by atoms with Crippen LogP contribution in [0.2, 0.25) is 0 Å². The summed E-state index contributed by atoms with van der Waals surface area (Å²) in [5.74, 6) is 1.31. The highest BCUT2D eigenvalue weighted by atomic mass is 16.5. The first-order valence-electron chi connectivity index (χ1n) is 7.51. The summed E-state index contributed by atoms with van der Waals surface area (Å²) in [5, 5.41) is 9.70. The standard InChI is InChI=1S/C19H18NO/c1-12(2)18-11-21-19(20-18)14-7-8-17-15(10-14)9-13-5-3-4-6-16(13)17/h3-10,12,18H,11H2,1-2H3/q-1. The van der Waals surface area contributed by atoms with Gasteiger partial charge in [0, 0.05) is 5.88 Å². The summed E-state index contributed by atoms with van der Waals surface area (Å²) < 4.78 is 5.79. The van der Waals surface area contributed by atoms with Crippen molar-refractivity contribution in [2.24, 2.45) is 5.92 Å². The van der Waals surface area contributed by atoms with E-state index >= 15 is 0 Å². The minimum Gasteiger partial charge on any atom is -0.648 e. The maximum absolute atomic E-state index is 5.79. The number of fused-ring (bicyclic) bond motifs is 2. The Morgan fingerprint density at radius 1 is 1.10 bits per heavy atom. The number of hydrogen-bond acceptors (Lipinski definition) is 1. The normalized spacial score (nSPS) is 21.4. The van der Waals surface area contributed by atoms with Crippen LogP contribution in [0.3, 0.4) is 0 Å². The van der Waals surface area contributed by atoms with E-state index in [2.05, 4.69) is 62.4 Å². The molecule has 0 bridgehead atoms. The van der Waals surface area contributed by atoms with Gasteiger partial charge in [0.1, 0.15) is 0 Å². The van der Waals surface area contributed by atoms with Gasteiger partial charge in [0.15, 0.2) is 0 Å². The van der Waals surface area contributed by atoms with Crippen LogP contribution in [-0.2, 0) is 4.74 Å². The van der Waals surface area contributed by atoms with Crippen molar-refractivity contribution in [1.29, 1.82) is 0 Å². The van der Waals surface area contributed by atoms with Crippen molar-refractivity contribution in [1.82, 2.24) is 0 Å². The van der Waals surface area contributed by atoms with Gasteiger partial charge >= 0.3 is 0 Å². The molecule has 2 nitrogen and oxygen atoms in total. The van der Waals surface area contributed by atoms with Gasteiger partial charge in [-0.2, -0.15) is 0 Å². The number of nitrogens with zero attached hydrogens (tertiary/aromatic N) is 1. The topological polar surface area (TPSA) is 23.3 Å². The maximum atomic E-state index is 5.79. The Bertz CT molecular complexity index is 911. The highest BCUT2D eigenvalue weighted by Crippen LogP contribution is 2.27. The summed E-state index contributed by atoms with van der Waals surface area (Å²) >= 11 is 0. The molecule has 0 amide bonds. The van der Waals surface area contributed by atoms with E-state index in [9.17, 15) is 0 Å². The van der Waals surface area contributed by atoms with Crippen LogP contribution in [0.4, 0.5) is 0 Å². The Kier molecular flexibility index (Phi) is 2.78. The van der Waals surface area contributed by atoms with Crippen molar-refractivity contribution < 1.29 is 4.74 Å². The van der Waals surface area contributed by atoms with Gasteiger partial charge in [-0.15, -0.1) is 0 Å². The molecule has 1 fully saturated rings. The third kappa shape index (κ3) is 2.02. The van der Waals surface area contributed by atoms with E-state index in [-0.39, 0.29) is 6.04 Å². The molecule has 1 atom stereocenters. The van der Waals surface area contributed by atoms with E-state index in [0.717, 1.165) is 11.1 Å². The lowest BCUT2D eigenvalue weighted by atomic mass is 10.1. The van der Waals surface area contributed by atoms with Crippen molar-refractivity contribution in [3.8, 4) is 0 Å². The van der Waals surface area contributed by atoms with Crippen LogP contribution in [0, 0.1) is 16.4 Å². The predicted molar refractivity (Wildman–Crippen MR) is 84.7 cm³/mol. The van der Waals surface area contributed by atoms with E-state index in [1.807, 2.05) is 0 Å². The molecule has 1 heterocycles. The van der Waals surface area contributed by atoms with E-state index in [1.54, 1.807) is 0 Å². The quantitative estimate of drug-likeness (QED) is 0.670. The smallest absolute Gasteiger partial charge is 0.0726 e. The second-order valence-corrected chi connectivity index (χ2v) is 6.09. The van der Waals surface area contributed by atoms with Crippen LogP contribution in [0.25, 0.3) is 17.3 Å². The van der Waals surface area contributed by atoms with Gasteiger partial charge in [-0.3, -0.25) is 0 Å². The second kappa shape index (κ2) is 4.66. The van der Waals surface area contributed by atoms with Crippen molar-refractivity contribution in [2.75, 3.05) is 6.61 Å². The van der Waals surface area contributed by atoms with E-state index in [1.165, 1.54) is 21.2 Å². The Labute approximate surface area is 124 Å². The Hall–Kier alpha value is -2.22. The molecule has 0 spiro atoms. The molecule has 2 aromatic rings. The molecule has 2 aromatic carbocycles. The maximum Gasteiger partial charge on any atom is 0.0726 e. The molecule has 4 rings (SSSR count). The minimum atomic E-state index is 0.287. The zero-order chi connectivity index (χ0) is 14.4. The molecule has 2 aliphatic rings. The molecule has 0 aromatic heterocycles. The SMILES string of the molecule is CC(C)C1COC(=c2ccc3c(c2)C=c2ccccc2=3)[N-]1. The molecule has 1 aliphatic carbocycles. The van der Waals surface area contributed by atoms with Crippen LogP contribution >= 0.6 is 0 Å². The van der Waals surface area contributed by atoms with Crippen molar-refractivity contribution in [3.05, 3.63) is 74.2 Å². The fourth-order valence-corrected chi connectivity index (χ4v) is 2.98. The number of ether oxygens (including phenoxy) is 1. The molecule has 2 heteroatoms. The first-order chi connectivity index (χ1) is 10.2. The molecule has 0 radical (unpaired) electrons. The summed E-state index contributed by atoms with van der Waals surface area (Å²) in [4.78, 5) is 0. The molecule has 21 heavy (non-hydrogen) atoms. The molecule has 0 saturated carbocycles. The summed E-state index contributed by atoms with van der Waals surface area (Å²) in [5.41, 5.74) is 1.26. The number of hydrogen-bond donors (Lipinski definition) is 0. The molecular formula is C19H18NO-.